The minimum atomic E-state index is -0.0506. The van der Waals surface area contributed by atoms with E-state index in [0.29, 0.717) is 18.4 Å². The molecular formula is C9H15NO2. The average molecular weight is 169 g/mol. The van der Waals surface area contributed by atoms with Crippen molar-refractivity contribution in [2.24, 2.45) is 11.8 Å². The Morgan fingerprint density at radius 3 is 3.17 bits per heavy atom. The number of carbonyl (C=O) groups excluding carboxylic acids is 1. The number of carbonyl (C=O) groups is 1. The number of hydrogen-bond acceptors (Lipinski definition) is 3. The minimum absolute atomic E-state index is 0.0506. The first-order valence-electron chi connectivity index (χ1n) is 4.61. The van der Waals surface area contributed by atoms with Crippen molar-refractivity contribution in [3.63, 3.8) is 0 Å². The Morgan fingerprint density at radius 2 is 2.50 bits per heavy atom. The van der Waals surface area contributed by atoms with Gasteiger partial charge in [0.2, 0.25) is 0 Å². The molecule has 12 heavy (non-hydrogen) atoms. The predicted molar refractivity (Wildman–Crippen MR) is 44.6 cm³/mol. The molecule has 2 fully saturated rings. The average Bonchev–Trinajstić information content (AvgIpc) is 2.42. The summed E-state index contributed by atoms with van der Waals surface area (Å²) < 4.78 is 4.65. The fourth-order valence-electron chi connectivity index (χ4n) is 2.45. The van der Waals surface area contributed by atoms with E-state index in [2.05, 4.69) is 10.1 Å². The fraction of sp³-hybridized carbons (Fsp3) is 0.889. The molecule has 2 aliphatic rings. The maximum atomic E-state index is 11.0. The number of nitrogens with one attached hydrogen (secondary N) is 1. The van der Waals surface area contributed by atoms with Crippen molar-refractivity contribution in [2.75, 3.05) is 13.7 Å². The lowest BCUT2D eigenvalue weighted by Crippen LogP contribution is -2.44. The Kier molecular flexibility index (Phi) is 2.05. The number of esters is 1. The predicted octanol–water partition coefficient (Wildman–Crippen LogP) is 0.547. The monoisotopic (exact) mass is 169 g/mol. The number of ether oxygens (including phenoxy) is 1. The molecule has 1 heterocycles. The Labute approximate surface area is 72.5 Å². The molecule has 1 aliphatic carbocycles. The van der Waals surface area contributed by atoms with Crippen molar-refractivity contribution in [3.8, 4) is 0 Å². The van der Waals surface area contributed by atoms with Gasteiger partial charge in [0.05, 0.1) is 7.11 Å². The molecular weight excluding hydrogens is 154 g/mol. The second-order valence-corrected chi connectivity index (χ2v) is 3.79. The van der Waals surface area contributed by atoms with Gasteiger partial charge >= 0.3 is 5.97 Å². The van der Waals surface area contributed by atoms with E-state index >= 15 is 0 Å². The van der Waals surface area contributed by atoms with Gasteiger partial charge in [0, 0.05) is 12.5 Å². The summed E-state index contributed by atoms with van der Waals surface area (Å²) in [6.07, 6.45) is 3.03. The van der Waals surface area contributed by atoms with Crippen molar-refractivity contribution in [1.82, 2.24) is 5.32 Å². The molecule has 3 unspecified atom stereocenters. The minimum Gasteiger partial charge on any atom is -0.469 e. The molecule has 3 heteroatoms. The van der Waals surface area contributed by atoms with E-state index < -0.39 is 0 Å². The highest BCUT2D eigenvalue weighted by molar-refractivity contribution is 5.69. The summed E-state index contributed by atoms with van der Waals surface area (Å²) >= 11 is 0. The molecule has 0 aromatic rings. The summed E-state index contributed by atoms with van der Waals surface area (Å²) in [7, 11) is 1.46. The van der Waals surface area contributed by atoms with Crippen LogP contribution in [0.15, 0.2) is 0 Å². The second kappa shape index (κ2) is 3.05. The number of methoxy groups -OCH3 is 1. The van der Waals surface area contributed by atoms with E-state index in [4.69, 9.17) is 0 Å². The molecule has 0 spiro atoms. The Hall–Kier alpha value is -0.570. The van der Waals surface area contributed by atoms with Gasteiger partial charge in [-0.05, 0) is 31.2 Å². The van der Waals surface area contributed by atoms with Gasteiger partial charge < -0.3 is 10.1 Å². The summed E-state index contributed by atoms with van der Waals surface area (Å²) in [6.45, 7) is 1.13. The molecule has 1 saturated carbocycles. The third-order valence-corrected chi connectivity index (χ3v) is 3.22. The molecule has 0 amide bonds. The van der Waals surface area contributed by atoms with E-state index in [-0.39, 0.29) is 5.97 Å². The standard InChI is InChI=1S/C9H15NO2/c1-12-9(11)5-6-4-8-7(6)2-3-10-8/h6-8,10H,2-5H2,1H3. The van der Waals surface area contributed by atoms with Crippen LogP contribution in [0.2, 0.25) is 0 Å². The Bertz CT molecular complexity index is 193. The highest BCUT2D eigenvalue weighted by Gasteiger charge is 2.44. The zero-order valence-corrected chi connectivity index (χ0v) is 7.38. The van der Waals surface area contributed by atoms with E-state index in [1.807, 2.05) is 0 Å². The van der Waals surface area contributed by atoms with Crippen molar-refractivity contribution in [3.05, 3.63) is 0 Å². The SMILES string of the molecule is COC(=O)CC1CC2NCCC12. The maximum absolute atomic E-state index is 11.0. The molecule has 0 aromatic carbocycles. The zero-order chi connectivity index (χ0) is 8.55. The van der Waals surface area contributed by atoms with E-state index in [9.17, 15) is 4.79 Å². The van der Waals surface area contributed by atoms with Crippen molar-refractivity contribution < 1.29 is 9.53 Å². The van der Waals surface area contributed by atoms with Crippen molar-refractivity contribution in [2.45, 2.75) is 25.3 Å². The molecule has 0 bridgehead atoms. The van der Waals surface area contributed by atoms with Gasteiger partial charge in [-0.25, -0.2) is 0 Å². The van der Waals surface area contributed by atoms with Crippen LogP contribution in [0, 0.1) is 11.8 Å². The van der Waals surface area contributed by atoms with Gasteiger partial charge in [-0.1, -0.05) is 0 Å². The van der Waals surface area contributed by atoms with Gasteiger partial charge in [0.25, 0.3) is 0 Å². The van der Waals surface area contributed by atoms with Crippen LogP contribution in [0.25, 0.3) is 0 Å². The molecule has 1 N–H and O–H groups in total. The first kappa shape index (κ1) is 8.05. The fourth-order valence-corrected chi connectivity index (χ4v) is 2.45. The first-order valence-corrected chi connectivity index (χ1v) is 4.61. The summed E-state index contributed by atoms with van der Waals surface area (Å²) in [5.41, 5.74) is 0. The number of fused-ring (bicyclic) bond motifs is 1. The third-order valence-electron chi connectivity index (χ3n) is 3.22. The van der Waals surface area contributed by atoms with Crippen molar-refractivity contribution in [1.29, 1.82) is 0 Å². The highest BCUT2D eigenvalue weighted by atomic mass is 16.5. The van der Waals surface area contributed by atoms with Gasteiger partial charge in [-0.15, -0.1) is 0 Å². The van der Waals surface area contributed by atoms with Crippen LogP contribution in [0.3, 0.4) is 0 Å². The van der Waals surface area contributed by atoms with Gasteiger partial charge in [-0.3, -0.25) is 4.79 Å². The van der Waals surface area contributed by atoms with Crippen LogP contribution < -0.4 is 5.32 Å². The van der Waals surface area contributed by atoms with Crippen molar-refractivity contribution >= 4 is 5.97 Å². The van der Waals surface area contributed by atoms with Crippen LogP contribution in [-0.2, 0) is 9.53 Å². The smallest absolute Gasteiger partial charge is 0.305 e. The summed E-state index contributed by atoms with van der Waals surface area (Å²) in [5.74, 6) is 1.30. The molecule has 0 aromatic heterocycles. The normalized spacial score (nSPS) is 38.6. The lowest BCUT2D eigenvalue weighted by Gasteiger charge is -2.39. The molecule has 3 atom stereocenters. The molecule has 2 rings (SSSR count). The molecule has 3 nitrogen and oxygen atoms in total. The third kappa shape index (κ3) is 1.22. The Morgan fingerprint density at radius 1 is 1.67 bits per heavy atom. The second-order valence-electron chi connectivity index (χ2n) is 3.79. The van der Waals surface area contributed by atoms with Crippen LogP contribution in [0.4, 0.5) is 0 Å². The zero-order valence-electron chi connectivity index (χ0n) is 7.38. The lowest BCUT2D eigenvalue weighted by atomic mass is 9.68. The van der Waals surface area contributed by atoms with Crippen LogP contribution in [-0.4, -0.2) is 25.7 Å². The lowest BCUT2D eigenvalue weighted by molar-refractivity contribution is -0.143. The summed E-state index contributed by atoms with van der Waals surface area (Å²) in [4.78, 5) is 11.0. The van der Waals surface area contributed by atoms with Gasteiger partial charge in [-0.2, -0.15) is 0 Å². The summed E-state index contributed by atoms with van der Waals surface area (Å²) in [5, 5.41) is 3.43. The first-order chi connectivity index (χ1) is 5.81. The Balaban J connectivity index is 1.80. The topological polar surface area (TPSA) is 38.3 Å². The van der Waals surface area contributed by atoms with Crippen LogP contribution in [0.1, 0.15) is 19.3 Å². The van der Waals surface area contributed by atoms with Gasteiger partial charge in [0.1, 0.15) is 0 Å². The van der Waals surface area contributed by atoms with Gasteiger partial charge in [0.15, 0.2) is 0 Å². The molecule has 0 radical (unpaired) electrons. The van der Waals surface area contributed by atoms with E-state index in [0.717, 1.165) is 12.5 Å². The van der Waals surface area contributed by atoms with Crippen LogP contribution >= 0.6 is 0 Å². The summed E-state index contributed by atoms with van der Waals surface area (Å²) in [6, 6.07) is 0.708. The van der Waals surface area contributed by atoms with E-state index in [1.54, 1.807) is 0 Å². The van der Waals surface area contributed by atoms with E-state index in [1.165, 1.54) is 20.0 Å². The largest absolute Gasteiger partial charge is 0.469 e. The highest BCUT2D eigenvalue weighted by Crippen LogP contribution is 2.42. The number of rotatable bonds is 2. The maximum Gasteiger partial charge on any atom is 0.305 e. The molecule has 1 aliphatic heterocycles. The molecule has 68 valence electrons. The number of hydrogen-bond donors (Lipinski definition) is 1. The molecule has 1 saturated heterocycles. The quantitative estimate of drug-likeness (QED) is 0.613. The van der Waals surface area contributed by atoms with Crippen LogP contribution in [0.5, 0.6) is 0 Å².